The average molecular weight is 358 g/mol. The highest BCUT2D eigenvalue weighted by molar-refractivity contribution is 5.65. The normalized spacial score (nSPS) is 25.5. The zero-order valence-electron chi connectivity index (χ0n) is 15.8. The lowest BCUT2D eigenvalue weighted by Crippen LogP contribution is -2.21. The number of allylic oxidation sites excluding steroid dienone is 3. The Kier molecular flexibility index (Phi) is 5.33. The van der Waals surface area contributed by atoms with Crippen LogP contribution in [0.5, 0.6) is 17.2 Å². The maximum atomic E-state index is 10.8. The summed E-state index contributed by atoms with van der Waals surface area (Å²) in [4.78, 5) is 0. The van der Waals surface area contributed by atoms with Gasteiger partial charge in [0.2, 0.25) is 5.75 Å². The second-order valence-electron chi connectivity index (χ2n) is 7.98. The van der Waals surface area contributed by atoms with E-state index in [2.05, 4.69) is 19.6 Å². The van der Waals surface area contributed by atoms with Crippen LogP contribution in [-0.2, 0) is 6.42 Å². The molecule has 0 amide bonds. The molecule has 26 heavy (non-hydrogen) atoms. The molecule has 0 unspecified atom stereocenters. The van der Waals surface area contributed by atoms with Crippen LogP contribution in [0.3, 0.4) is 0 Å². The predicted octanol–water partition coefficient (Wildman–Crippen LogP) is 4.62. The van der Waals surface area contributed by atoms with E-state index in [1.807, 2.05) is 6.92 Å². The Morgan fingerprint density at radius 3 is 2.42 bits per heavy atom. The number of hydrogen-bond donors (Lipinski definition) is 4. The van der Waals surface area contributed by atoms with E-state index in [-0.39, 0.29) is 35.9 Å². The Balaban J connectivity index is 2.24. The van der Waals surface area contributed by atoms with Gasteiger partial charge in [-0.3, -0.25) is 0 Å². The Labute approximate surface area is 155 Å². The molecule has 4 N–H and O–H groups in total. The fourth-order valence-electron chi connectivity index (χ4n) is 4.89. The molecule has 4 nitrogen and oxygen atoms in total. The van der Waals surface area contributed by atoms with Gasteiger partial charge in [-0.25, -0.2) is 0 Å². The standard InChI is InChI=1S/C22H30O4/c1-12(2)15-8-7-13(3)11-17(15)19-16-6-4-5-14(9-10-23)18(16)20(24)22(26)21(19)25/h11,14-15,17,23-26H,1,4-10H2,2-3H3/t14-,15-,17+/m0/s1. The Morgan fingerprint density at radius 1 is 1.08 bits per heavy atom. The number of rotatable bonds is 4. The van der Waals surface area contributed by atoms with Crippen LogP contribution >= 0.6 is 0 Å². The molecule has 1 aromatic rings. The fourth-order valence-corrected chi connectivity index (χ4v) is 4.89. The monoisotopic (exact) mass is 358 g/mol. The van der Waals surface area contributed by atoms with E-state index in [0.29, 0.717) is 12.0 Å². The first kappa shape index (κ1) is 18.8. The van der Waals surface area contributed by atoms with Crippen molar-refractivity contribution < 1.29 is 20.4 Å². The lowest BCUT2D eigenvalue weighted by molar-refractivity contribution is 0.266. The van der Waals surface area contributed by atoms with Gasteiger partial charge in [0.25, 0.3) is 0 Å². The van der Waals surface area contributed by atoms with Crippen LogP contribution in [0.2, 0.25) is 0 Å². The van der Waals surface area contributed by atoms with Crippen molar-refractivity contribution in [2.24, 2.45) is 5.92 Å². The molecule has 142 valence electrons. The summed E-state index contributed by atoms with van der Waals surface area (Å²) >= 11 is 0. The Bertz CT molecular complexity index is 747. The van der Waals surface area contributed by atoms with Gasteiger partial charge in [-0.15, -0.1) is 0 Å². The molecule has 2 aliphatic rings. The molecule has 0 saturated heterocycles. The number of phenols is 3. The molecule has 3 atom stereocenters. The second kappa shape index (κ2) is 7.36. The molecule has 0 aliphatic heterocycles. The van der Waals surface area contributed by atoms with Crippen molar-refractivity contribution in [2.75, 3.05) is 6.61 Å². The van der Waals surface area contributed by atoms with Crippen LogP contribution in [0.25, 0.3) is 0 Å². The van der Waals surface area contributed by atoms with E-state index in [4.69, 9.17) is 0 Å². The second-order valence-corrected chi connectivity index (χ2v) is 7.98. The minimum atomic E-state index is -0.430. The minimum absolute atomic E-state index is 0.00550. The maximum Gasteiger partial charge on any atom is 0.200 e. The van der Waals surface area contributed by atoms with E-state index >= 15 is 0 Å². The van der Waals surface area contributed by atoms with Gasteiger partial charge in [0.15, 0.2) is 11.5 Å². The molecule has 0 saturated carbocycles. The molecular formula is C22H30O4. The molecule has 0 fully saturated rings. The molecule has 0 radical (unpaired) electrons. The summed E-state index contributed by atoms with van der Waals surface area (Å²) in [7, 11) is 0. The van der Waals surface area contributed by atoms with Crippen molar-refractivity contribution in [3.8, 4) is 17.2 Å². The lowest BCUT2D eigenvalue weighted by atomic mass is 9.69. The zero-order valence-corrected chi connectivity index (χ0v) is 15.8. The summed E-state index contributed by atoms with van der Waals surface area (Å²) in [5, 5.41) is 41.2. The molecular weight excluding hydrogens is 328 g/mol. The first-order valence-corrected chi connectivity index (χ1v) is 9.59. The fraction of sp³-hybridized carbons (Fsp3) is 0.545. The molecule has 4 heteroatoms. The number of benzene rings is 1. The van der Waals surface area contributed by atoms with Gasteiger partial charge in [0.1, 0.15) is 0 Å². The van der Waals surface area contributed by atoms with Crippen LogP contribution in [0.15, 0.2) is 23.8 Å². The van der Waals surface area contributed by atoms with Gasteiger partial charge in [-0.1, -0.05) is 23.8 Å². The summed E-state index contributed by atoms with van der Waals surface area (Å²) < 4.78 is 0. The van der Waals surface area contributed by atoms with Crippen molar-refractivity contribution in [3.63, 3.8) is 0 Å². The van der Waals surface area contributed by atoms with Crippen molar-refractivity contribution in [3.05, 3.63) is 40.5 Å². The summed E-state index contributed by atoms with van der Waals surface area (Å²) in [5.74, 6) is -0.687. The summed E-state index contributed by atoms with van der Waals surface area (Å²) in [6.07, 6.45) is 7.29. The minimum Gasteiger partial charge on any atom is -0.504 e. The third-order valence-corrected chi connectivity index (χ3v) is 6.19. The van der Waals surface area contributed by atoms with Gasteiger partial charge >= 0.3 is 0 Å². The third-order valence-electron chi connectivity index (χ3n) is 6.19. The highest BCUT2D eigenvalue weighted by atomic mass is 16.3. The van der Waals surface area contributed by atoms with Gasteiger partial charge in [0, 0.05) is 23.7 Å². The number of phenolic OH excluding ortho intramolecular Hbond substituents is 3. The van der Waals surface area contributed by atoms with Crippen molar-refractivity contribution in [2.45, 2.75) is 64.2 Å². The first-order chi connectivity index (χ1) is 12.4. The summed E-state index contributed by atoms with van der Waals surface area (Å²) in [6.45, 7) is 8.30. The zero-order chi connectivity index (χ0) is 19.0. The SMILES string of the molecule is C=C(C)[C@@H]1CCC(C)=C[C@H]1c1c(O)c(O)c(O)c2c1CCC[C@H]2CCO. The summed E-state index contributed by atoms with van der Waals surface area (Å²) in [6, 6.07) is 0. The maximum absolute atomic E-state index is 10.8. The highest BCUT2D eigenvalue weighted by Crippen LogP contribution is 2.55. The quantitative estimate of drug-likeness (QED) is 0.467. The highest BCUT2D eigenvalue weighted by Gasteiger charge is 2.36. The van der Waals surface area contributed by atoms with Gasteiger partial charge in [-0.05, 0) is 69.8 Å². The summed E-state index contributed by atoms with van der Waals surface area (Å²) in [5.41, 5.74) is 4.75. The van der Waals surface area contributed by atoms with E-state index in [0.717, 1.165) is 48.8 Å². The third kappa shape index (κ3) is 3.11. The van der Waals surface area contributed by atoms with Gasteiger partial charge < -0.3 is 20.4 Å². The number of aliphatic hydroxyl groups is 1. The Hall–Kier alpha value is -1.94. The van der Waals surface area contributed by atoms with Crippen molar-refractivity contribution in [1.82, 2.24) is 0 Å². The van der Waals surface area contributed by atoms with E-state index in [1.54, 1.807) is 0 Å². The number of aliphatic hydroxyl groups excluding tert-OH is 1. The van der Waals surface area contributed by atoms with Gasteiger partial charge in [0.05, 0.1) is 0 Å². The lowest BCUT2D eigenvalue weighted by Gasteiger charge is -2.36. The van der Waals surface area contributed by atoms with Crippen LogP contribution < -0.4 is 0 Å². The average Bonchev–Trinajstić information content (AvgIpc) is 2.60. The van der Waals surface area contributed by atoms with E-state index < -0.39 is 5.75 Å². The molecule has 0 heterocycles. The van der Waals surface area contributed by atoms with Crippen LogP contribution in [0.1, 0.15) is 74.5 Å². The van der Waals surface area contributed by atoms with Crippen LogP contribution in [-0.4, -0.2) is 27.0 Å². The first-order valence-electron chi connectivity index (χ1n) is 9.59. The van der Waals surface area contributed by atoms with Crippen molar-refractivity contribution >= 4 is 0 Å². The van der Waals surface area contributed by atoms with Crippen molar-refractivity contribution in [1.29, 1.82) is 0 Å². The number of aromatic hydroxyl groups is 3. The molecule has 0 spiro atoms. The van der Waals surface area contributed by atoms with E-state index in [1.165, 1.54) is 5.57 Å². The smallest absolute Gasteiger partial charge is 0.200 e. The van der Waals surface area contributed by atoms with Gasteiger partial charge in [-0.2, -0.15) is 0 Å². The molecule has 3 rings (SSSR count). The van der Waals surface area contributed by atoms with E-state index in [9.17, 15) is 20.4 Å². The molecule has 0 aromatic heterocycles. The predicted molar refractivity (Wildman–Crippen MR) is 103 cm³/mol. The number of hydrogen-bond acceptors (Lipinski definition) is 4. The Morgan fingerprint density at radius 2 is 1.77 bits per heavy atom. The number of fused-ring (bicyclic) bond motifs is 1. The largest absolute Gasteiger partial charge is 0.504 e. The molecule has 2 aliphatic carbocycles. The molecule has 0 bridgehead atoms. The topological polar surface area (TPSA) is 80.9 Å². The molecule has 1 aromatic carbocycles. The van der Waals surface area contributed by atoms with Crippen LogP contribution in [0, 0.1) is 5.92 Å². The van der Waals surface area contributed by atoms with Crippen LogP contribution in [0.4, 0.5) is 0 Å².